The zero-order valence-electron chi connectivity index (χ0n) is 12.3. The van der Waals surface area contributed by atoms with Crippen LogP contribution in [0.4, 0.5) is 5.69 Å². The minimum atomic E-state index is -0.235. The van der Waals surface area contributed by atoms with Crippen molar-refractivity contribution in [2.24, 2.45) is 5.92 Å². The van der Waals surface area contributed by atoms with Crippen LogP contribution in [0.25, 0.3) is 0 Å². The molecular formula is C17H24N2O. The standard InChI is InChI=1S/C17H24N2O/c1-13-3-2-11-19(12-8-13)16(20)17(9-10-17)14-4-6-15(18)7-5-14/h4-7,13H,2-3,8-12,18H2,1H3. The van der Waals surface area contributed by atoms with Crippen molar-refractivity contribution < 1.29 is 4.79 Å². The summed E-state index contributed by atoms with van der Waals surface area (Å²) in [6.45, 7) is 4.15. The average Bonchev–Trinajstić information content (AvgIpc) is 3.24. The predicted molar refractivity (Wildman–Crippen MR) is 81.4 cm³/mol. The Balaban J connectivity index is 1.77. The van der Waals surface area contributed by atoms with Crippen molar-refractivity contribution >= 4 is 11.6 Å². The first-order chi connectivity index (χ1) is 9.62. The smallest absolute Gasteiger partial charge is 0.233 e. The second-order valence-corrected chi connectivity index (χ2v) is 6.53. The van der Waals surface area contributed by atoms with Gasteiger partial charge in [0.2, 0.25) is 5.91 Å². The average molecular weight is 272 g/mol. The number of likely N-dealkylation sites (tertiary alicyclic amines) is 1. The molecule has 1 atom stereocenters. The molecule has 0 bridgehead atoms. The van der Waals surface area contributed by atoms with Gasteiger partial charge in [-0.25, -0.2) is 0 Å². The Morgan fingerprint density at radius 1 is 1.20 bits per heavy atom. The number of nitrogens with zero attached hydrogens (tertiary/aromatic N) is 1. The molecule has 1 aromatic carbocycles. The summed E-state index contributed by atoms with van der Waals surface area (Å²) in [4.78, 5) is 15.0. The molecule has 1 amide bonds. The van der Waals surface area contributed by atoms with Crippen molar-refractivity contribution in [3.8, 4) is 0 Å². The zero-order valence-corrected chi connectivity index (χ0v) is 12.3. The quantitative estimate of drug-likeness (QED) is 0.841. The summed E-state index contributed by atoms with van der Waals surface area (Å²) in [6.07, 6.45) is 5.51. The summed E-state index contributed by atoms with van der Waals surface area (Å²) in [7, 11) is 0. The number of benzene rings is 1. The minimum absolute atomic E-state index is 0.235. The van der Waals surface area contributed by atoms with E-state index < -0.39 is 0 Å². The van der Waals surface area contributed by atoms with E-state index in [2.05, 4.69) is 11.8 Å². The number of hydrogen-bond donors (Lipinski definition) is 1. The van der Waals surface area contributed by atoms with E-state index in [4.69, 9.17) is 5.73 Å². The first-order valence-corrected chi connectivity index (χ1v) is 7.77. The van der Waals surface area contributed by atoms with Crippen LogP contribution in [0, 0.1) is 5.92 Å². The fraction of sp³-hybridized carbons (Fsp3) is 0.588. The van der Waals surface area contributed by atoms with E-state index in [1.807, 2.05) is 24.3 Å². The molecule has 1 heterocycles. The van der Waals surface area contributed by atoms with Crippen molar-refractivity contribution in [3.63, 3.8) is 0 Å². The van der Waals surface area contributed by atoms with Crippen LogP contribution in [0.15, 0.2) is 24.3 Å². The molecule has 0 spiro atoms. The van der Waals surface area contributed by atoms with Gasteiger partial charge in [0, 0.05) is 18.8 Å². The van der Waals surface area contributed by atoms with Gasteiger partial charge in [0.25, 0.3) is 0 Å². The predicted octanol–water partition coefficient (Wildman–Crippen LogP) is 2.95. The van der Waals surface area contributed by atoms with E-state index in [1.165, 1.54) is 6.42 Å². The van der Waals surface area contributed by atoms with E-state index >= 15 is 0 Å². The molecular weight excluding hydrogens is 248 g/mol. The highest BCUT2D eigenvalue weighted by Crippen LogP contribution is 2.50. The Morgan fingerprint density at radius 3 is 2.55 bits per heavy atom. The molecule has 3 heteroatoms. The molecule has 3 rings (SSSR count). The lowest BCUT2D eigenvalue weighted by molar-refractivity contribution is -0.133. The van der Waals surface area contributed by atoms with Crippen LogP contribution in [-0.4, -0.2) is 23.9 Å². The van der Waals surface area contributed by atoms with Gasteiger partial charge in [-0.05, 0) is 55.7 Å². The highest BCUT2D eigenvalue weighted by atomic mass is 16.2. The van der Waals surface area contributed by atoms with E-state index in [1.54, 1.807) is 0 Å². The van der Waals surface area contributed by atoms with Gasteiger partial charge in [-0.2, -0.15) is 0 Å². The SMILES string of the molecule is CC1CCCN(C(=O)C2(c3ccc(N)cc3)CC2)CC1. The first kappa shape index (κ1) is 13.5. The number of carbonyl (C=O) groups is 1. The summed E-state index contributed by atoms with van der Waals surface area (Å²) in [5.74, 6) is 1.09. The zero-order chi connectivity index (χ0) is 14.2. The van der Waals surface area contributed by atoms with Crippen LogP contribution in [0.5, 0.6) is 0 Å². The largest absolute Gasteiger partial charge is 0.399 e. The summed E-state index contributed by atoms with van der Waals surface area (Å²) >= 11 is 0. The second-order valence-electron chi connectivity index (χ2n) is 6.53. The van der Waals surface area contributed by atoms with Gasteiger partial charge in [0.15, 0.2) is 0 Å². The Hall–Kier alpha value is -1.51. The maximum atomic E-state index is 12.9. The lowest BCUT2D eigenvalue weighted by Gasteiger charge is -2.26. The van der Waals surface area contributed by atoms with Gasteiger partial charge < -0.3 is 10.6 Å². The Morgan fingerprint density at radius 2 is 1.90 bits per heavy atom. The molecule has 2 fully saturated rings. The number of nitrogen functional groups attached to an aromatic ring is 1. The van der Waals surface area contributed by atoms with Crippen molar-refractivity contribution in [2.45, 2.75) is 44.4 Å². The molecule has 0 radical (unpaired) electrons. The summed E-state index contributed by atoms with van der Waals surface area (Å²) in [5, 5.41) is 0. The maximum absolute atomic E-state index is 12.9. The van der Waals surface area contributed by atoms with Gasteiger partial charge >= 0.3 is 0 Å². The molecule has 108 valence electrons. The number of nitrogens with two attached hydrogens (primary N) is 1. The third-order valence-corrected chi connectivity index (χ3v) is 4.93. The normalized spacial score (nSPS) is 25.1. The fourth-order valence-corrected chi connectivity index (χ4v) is 3.32. The third-order valence-electron chi connectivity index (χ3n) is 4.93. The maximum Gasteiger partial charge on any atom is 0.233 e. The molecule has 1 aliphatic carbocycles. The molecule has 1 saturated heterocycles. The number of anilines is 1. The van der Waals surface area contributed by atoms with Crippen LogP contribution in [0.2, 0.25) is 0 Å². The van der Waals surface area contributed by atoms with E-state index in [9.17, 15) is 4.79 Å². The second kappa shape index (κ2) is 5.12. The molecule has 1 aromatic rings. The van der Waals surface area contributed by atoms with E-state index in [0.29, 0.717) is 5.91 Å². The first-order valence-electron chi connectivity index (χ1n) is 7.77. The van der Waals surface area contributed by atoms with Crippen LogP contribution in [-0.2, 0) is 10.2 Å². The lowest BCUT2D eigenvalue weighted by Crippen LogP contribution is -2.40. The molecule has 1 saturated carbocycles. The molecule has 20 heavy (non-hydrogen) atoms. The summed E-state index contributed by atoms with van der Waals surface area (Å²) < 4.78 is 0. The third kappa shape index (κ3) is 2.41. The van der Waals surface area contributed by atoms with E-state index in [0.717, 1.165) is 55.9 Å². The fourth-order valence-electron chi connectivity index (χ4n) is 3.32. The van der Waals surface area contributed by atoms with Crippen molar-refractivity contribution in [1.82, 2.24) is 4.90 Å². The monoisotopic (exact) mass is 272 g/mol. The molecule has 1 unspecified atom stereocenters. The minimum Gasteiger partial charge on any atom is -0.399 e. The molecule has 2 N–H and O–H groups in total. The van der Waals surface area contributed by atoms with Gasteiger partial charge in [-0.15, -0.1) is 0 Å². The number of amides is 1. The van der Waals surface area contributed by atoms with Crippen LogP contribution in [0.1, 0.15) is 44.6 Å². The number of carbonyl (C=O) groups excluding carboxylic acids is 1. The van der Waals surface area contributed by atoms with Crippen LogP contribution >= 0.6 is 0 Å². The summed E-state index contributed by atoms with van der Waals surface area (Å²) in [6, 6.07) is 7.88. The van der Waals surface area contributed by atoms with Crippen molar-refractivity contribution in [1.29, 1.82) is 0 Å². The van der Waals surface area contributed by atoms with Crippen molar-refractivity contribution in [2.75, 3.05) is 18.8 Å². The topological polar surface area (TPSA) is 46.3 Å². The number of hydrogen-bond acceptors (Lipinski definition) is 2. The van der Waals surface area contributed by atoms with Crippen LogP contribution < -0.4 is 5.73 Å². The Labute approximate surface area is 121 Å². The molecule has 0 aromatic heterocycles. The van der Waals surface area contributed by atoms with Gasteiger partial charge in [0.05, 0.1) is 5.41 Å². The van der Waals surface area contributed by atoms with Crippen LogP contribution in [0.3, 0.4) is 0 Å². The Bertz CT molecular complexity index is 490. The van der Waals surface area contributed by atoms with Gasteiger partial charge in [-0.1, -0.05) is 19.1 Å². The molecule has 2 aliphatic rings. The Kier molecular flexibility index (Phi) is 3.45. The lowest BCUT2D eigenvalue weighted by atomic mass is 9.94. The van der Waals surface area contributed by atoms with Gasteiger partial charge in [0.1, 0.15) is 0 Å². The molecule has 3 nitrogen and oxygen atoms in total. The van der Waals surface area contributed by atoms with Gasteiger partial charge in [-0.3, -0.25) is 4.79 Å². The number of rotatable bonds is 2. The van der Waals surface area contributed by atoms with E-state index in [-0.39, 0.29) is 5.41 Å². The summed E-state index contributed by atoms with van der Waals surface area (Å²) in [5.41, 5.74) is 7.43. The highest BCUT2D eigenvalue weighted by molar-refractivity contribution is 5.91. The highest BCUT2D eigenvalue weighted by Gasteiger charge is 2.52. The van der Waals surface area contributed by atoms with Crippen molar-refractivity contribution in [3.05, 3.63) is 29.8 Å². The molecule has 1 aliphatic heterocycles.